The molecular weight excluding hydrogens is 232 g/mol. The molecule has 0 aliphatic carbocycles. The lowest BCUT2D eigenvalue weighted by Crippen LogP contribution is -2.42. The molecule has 0 aliphatic rings. The van der Waals surface area contributed by atoms with Crippen LogP contribution in [0.15, 0.2) is 18.3 Å². The van der Waals surface area contributed by atoms with E-state index in [4.69, 9.17) is 0 Å². The molecule has 0 N–H and O–H groups in total. The van der Waals surface area contributed by atoms with Crippen LogP contribution in [0.25, 0.3) is 0 Å². The molecule has 0 saturated carbocycles. The van der Waals surface area contributed by atoms with Crippen LogP contribution in [0.3, 0.4) is 0 Å². The van der Waals surface area contributed by atoms with Crippen LogP contribution >= 0.6 is 0 Å². The normalized spacial score (nSPS) is 16.0. The van der Waals surface area contributed by atoms with Gasteiger partial charge in [0.1, 0.15) is 4.75 Å². The summed E-state index contributed by atoms with van der Waals surface area (Å²) in [7, 11) is 1.90. The number of hydrogen-bond acceptors (Lipinski definition) is 3. The summed E-state index contributed by atoms with van der Waals surface area (Å²) in [6.45, 7) is 10.0. The molecule has 0 fully saturated rings. The molecule has 0 aromatic carbocycles. The molecule has 4 heteroatoms. The Morgan fingerprint density at radius 1 is 1.41 bits per heavy atom. The third-order valence-electron chi connectivity index (χ3n) is 2.83. The van der Waals surface area contributed by atoms with Crippen LogP contribution in [-0.4, -0.2) is 25.6 Å². The molecule has 1 heterocycles. The van der Waals surface area contributed by atoms with E-state index in [-0.39, 0.29) is 10.8 Å². The van der Waals surface area contributed by atoms with Gasteiger partial charge in [0, 0.05) is 30.3 Å². The average molecular weight is 254 g/mol. The van der Waals surface area contributed by atoms with Gasteiger partial charge in [-0.15, -0.1) is 4.31 Å². The molecule has 1 aromatic rings. The predicted octanol–water partition coefficient (Wildman–Crippen LogP) is 2.85. The molecule has 0 bridgehead atoms. The fourth-order valence-corrected chi connectivity index (χ4v) is 2.97. The molecule has 0 saturated heterocycles. The monoisotopic (exact) mass is 254 g/mol. The molecular formula is C13H22N2OS. The first-order valence-corrected chi connectivity index (χ1v) is 6.92. The van der Waals surface area contributed by atoms with Crippen molar-refractivity contribution in [2.24, 2.45) is 0 Å². The predicted molar refractivity (Wildman–Crippen MR) is 73.0 cm³/mol. The van der Waals surface area contributed by atoms with E-state index in [1.54, 1.807) is 6.20 Å². The summed E-state index contributed by atoms with van der Waals surface area (Å²) in [5.41, 5.74) is 2.13. The van der Waals surface area contributed by atoms with Gasteiger partial charge < -0.3 is 4.55 Å². The Labute approximate surface area is 108 Å². The molecule has 2 atom stereocenters. The maximum atomic E-state index is 12.3. The molecule has 0 amide bonds. The zero-order valence-corrected chi connectivity index (χ0v) is 12.3. The third-order valence-corrected chi connectivity index (χ3v) is 4.72. The van der Waals surface area contributed by atoms with E-state index in [0.29, 0.717) is 0 Å². The molecule has 1 unspecified atom stereocenters. The maximum Gasteiger partial charge on any atom is 0.137 e. The SMILES string of the molecule is Cc1ncccc1C(C)N(C)[S@@+]([O-])C(C)(C)C. The molecule has 17 heavy (non-hydrogen) atoms. The van der Waals surface area contributed by atoms with Gasteiger partial charge in [0.15, 0.2) is 0 Å². The highest BCUT2D eigenvalue weighted by molar-refractivity contribution is 7.90. The van der Waals surface area contributed by atoms with E-state index in [1.165, 1.54) is 0 Å². The van der Waals surface area contributed by atoms with Crippen molar-refractivity contribution in [3.05, 3.63) is 29.6 Å². The first-order chi connectivity index (χ1) is 7.75. The quantitative estimate of drug-likeness (QED) is 0.779. The van der Waals surface area contributed by atoms with Crippen LogP contribution < -0.4 is 0 Å². The lowest BCUT2D eigenvalue weighted by molar-refractivity contribution is 0.381. The van der Waals surface area contributed by atoms with Gasteiger partial charge in [-0.05, 0) is 46.2 Å². The van der Waals surface area contributed by atoms with Gasteiger partial charge in [0.2, 0.25) is 0 Å². The first kappa shape index (κ1) is 14.5. The number of pyridine rings is 1. The minimum atomic E-state index is -1.02. The summed E-state index contributed by atoms with van der Waals surface area (Å²) in [6, 6.07) is 4.07. The van der Waals surface area contributed by atoms with Crippen molar-refractivity contribution in [3.63, 3.8) is 0 Å². The second-order valence-electron chi connectivity index (χ2n) is 5.26. The average Bonchev–Trinajstić information content (AvgIpc) is 2.25. The minimum absolute atomic E-state index is 0.101. The Kier molecular flexibility index (Phi) is 4.58. The summed E-state index contributed by atoms with van der Waals surface area (Å²) in [6.07, 6.45) is 1.78. The number of aryl methyl sites for hydroxylation is 1. The van der Waals surface area contributed by atoms with Crippen molar-refractivity contribution in [3.8, 4) is 0 Å². The van der Waals surface area contributed by atoms with Crippen LogP contribution in [0, 0.1) is 6.92 Å². The second-order valence-corrected chi connectivity index (χ2v) is 7.56. The molecule has 0 spiro atoms. The summed E-state index contributed by atoms with van der Waals surface area (Å²) < 4.78 is 14.0. The molecule has 3 nitrogen and oxygen atoms in total. The van der Waals surface area contributed by atoms with Crippen molar-refractivity contribution >= 4 is 11.4 Å². The number of aromatic nitrogens is 1. The highest BCUT2D eigenvalue weighted by atomic mass is 32.2. The first-order valence-electron chi connectivity index (χ1n) is 5.81. The van der Waals surface area contributed by atoms with E-state index in [0.717, 1.165) is 11.3 Å². The Bertz CT molecular complexity index is 376. The molecule has 96 valence electrons. The Hall–Kier alpha value is -0.580. The van der Waals surface area contributed by atoms with E-state index in [9.17, 15) is 4.55 Å². The fraction of sp³-hybridized carbons (Fsp3) is 0.615. The number of nitrogens with zero attached hydrogens (tertiary/aromatic N) is 2. The van der Waals surface area contributed by atoms with E-state index >= 15 is 0 Å². The summed E-state index contributed by atoms with van der Waals surface area (Å²) in [5.74, 6) is 0. The third kappa shape index (κ3) is 3.44. The van der Waals surface area contributed by atoms with Crippen LogP contribution in [0.4, 0.5) is 0 Å². The summed E-state index contributed by atoms with van der Waals surface area (Å²) >= 11 is -1.02. The van der Waals surface area contributed by atoms with Gasteiger partial charge in [-0.3, -0.25) is 4.98 Å². The van der Waals surface area contributed by atoms with Gasteiger partial charge in [0.25, 0.3) is 0 Å². The highest BCUT2D eigenvalue weighted by Gasteiger charge is 2.34. The maximum absolute atomic E-state index is 12.3. The standard InChI is InChI=1S/C13H22N2OS/c1-10-12(8-7-9-14-10)11(2)15(6)17(16)13(3,4)5/h7-9,11H,1-6H3/t11?,17-/m0/s1. The van der Waals surface area contributed by atoms with E-state index < -0.39 is 11.4 Å². The Morgan fingerprint density at radius 2 is 2.00 bits per heavy atom. The summed E-state index contributed by atoms with van der Waals surface area (Å²) in [5, 5.41) is 0. The molecule has 1 rings (SSSR count). The summed E-state index contributed by atoms with van der Waals surface area (Å²) in [4.78, 5) is 4.28. The van der Waals surface area contributed by atoms with Crippen LogP contribution in [0.2, 0.25) is 0 Å². The fourth-order valence-electron chi connectivity index (χ4n) is 1.71. The topological polar surface area (TPSA) is 39.2 Å². The Balaban J connectivity index is 2.91. The van der Waals surface area contributed by atoms with Crippen molar-refractivity contribution < 1.29 is 4.55 Å². The van der Waals surface area contributed by atoms with Gasteiger partial charge >= 0.3 is 0 Å². The van der Waals surface area contributed by atoms with Crippen molar-refractivity contribution in [1.29, 1.82) is 0 Å². The van der Waals surface area contributed by atoms with Gasteiger partial charge in [-0.1, -0.05) is 6.07 Å². The van der Waals surface area contributed by atoms with Crippen molar-refractivity contribution in [1.82, 2.24) is 9.29 Å². The number of hydrogen-bond donors (Lipinski definition) is 0. The van der Waals surface area contributed by atoms with Gasteiger partial charge in [-0.2, -0.15) is 0 Å². The van der Waals surface area contributed by atoms with Crippen LogP contribution in [-0.2, 0) is 11.4 Å². The largest absolute Gasteiger partial charge is 0.597 e. The zero-order chi connectivity index (χ0) is 13.2. The lowest BCUT2D eigenvalue weighted by atomic mass is 10.1. The van der Waals surface area contributed by atoms with Crippen molar-refractivity contribution in [2.75, 3.05) is 7.05 Å². The van der Waals surface area contributed by atoms with Gasteiger partial charge in [-0.25, -0.2) is 0 Å². The Morgan fingerprint density at radius 3 is 2.47 bits per heavy atom. The molecule has 0 radical (unpaired) electrons. The van der Waals surface area contributed by atoms with Crippen LogP contribution in [0.5, 0.6) is 0 Å². The smallest absolute Gasteiger partial charge is 0.137 e. The zero-order valence-electron chi connectivity index (χ0n) is 11.5. The lowest BCUT2D eigenvalue weighted by Gasteiger charge is -2.34. The highest BCUT2D eigenvalue weighted by Crippen LogP contribution is 2.28. The molecule has 1 aromatic heterocycles. The molecule has 0 aliphatic heterocycles. The van der Waals surface area contributed by atoms with Crippen molar-refractivity contribution in [2.45, 2.75) is 45.4 Å². The second kappa shape index (κ2) is 5.38. The van der Waals surface area contributed by atoms with Crippen LogP contribution in [0.1, 0.15) is 45.0 Å². The van der Waals surface area contributed by atoms with E-state index in [2.05, 4.69) is 11.9 Å². The van der Waals surface area contributed by atoms with Gasteiger partial charge in [0.05, 0.1) is 6.04 Å². The van der Waals surface area contributed by atoms with E-state index in [1.807, 2.05) is 51.2 Å². The minimum Gasteiger partial charge on any atom is -0.597 e. The number of rotatable bonds is 3.